The molecule has 7 heteroatoms. The molecular weight excluding hydrogens is 266 g/mol. The highest BCUT2D eigenvalue weighted by Crippen LogP contribution is 2.06. The standard InChI is InChI=1S/C13H21NO6/c1-8(2)10(15)7-6-9(13(19)20)14-11(16)4-3-5-12(17)18/h8-9H,3-7H2,1-2H3,(H,14,16)(H,17,18)(H,19,20). The first kappa shape index (κ1) is 18.1. The van der Waals surface area contributed by atoms with Gasteiger partial charge in [0.25, 0.3) is 0 Å². The maximum Gasteiger partial charge on any atom is 0.326 e. The SMILES string of the molecule is CC(C)C(=O)CCC(NC(=O)CCCC(=O)O)C(=O)O. The number of rotatable bonds is 10. The van der Waals surface area contributed by atoms with Gasteiger partial charge in [-0.1, -0.05) is 13.8 Å². The number of nitrogens with one attached hydrogen (secondary N) is 1. The van der Waals surface area contributed by atoms with E-state index in [4.69, 9.17) is 10.2 Å². The lowest BCUT2D eigenvalue weighted by atomic mass is 10.0. The zero-order valence-electron chi connectivity index (χ0n) is 11.7. The quantitative estimate of drug-likeness (QED) is 0.547. The lowest BCUT2D eigenvalue weighted by Crippen LogP contribution is -2.41. The number of carbonyl (C=O) groups is 4. The molecule has 20 heavy (non-hydrogen) atoms. The number of carboxylic acid groups (broad SMARTS) is 2. The Morgan fingerprint density at radius 2 is 1.60 bits per heavy atom. The summed E-state index contributed by atoms with van der Waals surface area (Å²) in [5, 5.41) is 19.7. The Morgan fingerprint density at radius 3 is 2.05 bits per heavy atom. The summed E-state index contributed by atoms with van der Waals surface area (Å²) < 4.78 is 0. The molecule has 0 aliphatic heterocycles. The van der Waals surface area contributed by atoms with Gasteiger partial charge in [-0.15, -0.1) is 0 Å². The zero-order valence-corrected chi connectivity index (χ0v) is 11.7. The molecule has 0 aromatic rings. The summed E-state index contributed by atoms with van der Waals surface area (Å²) in [6.07, 6.45) is 0.0880. The molecule has 7 nitrogen and oxygen atoms in total. The van der Waals surface area contributed by atoms with Crippen LogP contribution in [0.1, 0.15) is 46.0 Å². The predicted molar refractivity (Wildman–Crippen MR) is 70.1 cm³/mol. The van der Waals surface area contributed by atoms with Gasteiger partial charge in [-0.2, -0.15) is 0 Å². The minimum atomic E-state index is -1.20. The topological polar surface area (TPSA) is 121 Å². The van der Waals surface area contributed by atoms with E-state index in [0.29, 0.717) is 0 Å². The molecule has 0 spiro atoms. The van der Waals surface area contributed by atoms with Gasteiger partial charge in [-0.3, -0.25) is 14.4 Å². The Morgan fingerprint density at radius 1 is 1.00 bits per heavy atom. The van der Waals surface area contributed by atoms with Crippen molar-refractivity contribution in [3.63, 3.8) is 0 Å². The first-order chi connectivity index (χ1) is 9.23. The van der Waals surface area contributed by atoms with E-state index in [1.54, 1.807) is 13.8 Å². The second-order valence-corrected chi connectivity index (χ2v) is 4.87. The van der Waals surface area contributed by atoms with E-state index in [1.165, 1.54) is 0 Å². The molecule has 0 rings (SSSR count). The Labute approximate surface area is 117 Å². The third-order valence-electron chi connectivity index (χ3n) is 2.75. The molecule has 1 amide bonds. The van der Waals surface area contributed by atoms with E-state index in [9.17, 15) is 19.2 Å². The lowest BCUT2D eigenvalue weighted by Gasteiger charge is -2.14. The summed E-state index contributed by atoms with van der Waals surface area (Å²) in [5.74, 6) is -2.95. The van der Waals surface area contributed by atoms with E-state index in [0.717, 1.165) is 0 Å². The molecule has 0 aromatic heterocycles. The maximum absolute atomic E-state index is 11.5. The van der Waals surface area contributed by atoms with Crippen LogP contribution in [0.25, 0.3) is 0 Å². The summed E-state index contributed by atoms with van der Waals surface area (Å²) >= 11 is 0. The fraction of sp³-hybridized carbons (Fsp3) is 0.692. The van der Waals surface area contributed by atoms with Gasteiger partial charge in [0, 0.05) is 25.2 Å². The van der Waals surface area contributed by atoms with Crippen LogP contribution in [0.2, 0.25) is 0 Å². The van der Waals surface area contributed by atoms with Crippen molar-refractivity contribution < 1.29 is 29.4 Å². The number of carbonyl (C=O) groups excluding carboxylic acids is 2. The van der Waals surface area contributed by atoms with Crippen LogP contribution >= 0.6 is 0 Å². The van der Waals surface area contributed by atoms with Gasteiger partial charge in [0.15, 0.2) is 0 Å². The summed E-state index contributed by atoms with van der Waals surface area (Å²) in [6.45, 7) is 3.45. The minimum Gasteiger partial charge on any atom is -0.481 e. The van der Waals surface area contributed by atoms with Gasteiger partial charge in [-0.25, -0.2) is 4.79 Å². The molecule has 0 aliphatic rings. The third kappa shape index (κ3) is 8.23. The van der Waals surface area contributed by atoms with Gasteiger partial charge < -0.3 is 15.5 Å². The Balaban J connectivity index is 4.20. The Hall–Kier alpha value is -1.92. The number of carboxylic acids is 2. The van der Waals surface area contributed by atoms with Crippen molar-refractivity contribution in [2.45, 2.75) is 52.0 Å². The normalized spacial score (nSPS) is 11.9. The second-order valence-electron chi connectivity index (χ2n) is 4.87. The number of Topliss-reactive ketones (excluding diaryl/α,β-unsaturated/α-hetero) is 1. The van der Waals surface area contributed by atoms with Crippen molar-refractivity contribution in [2.75, 3.05) is 0 Å². The molecule has 0 saturated carbocycles. The molecule has 1 unspecified atom stereocenters. The highest BCUT2D eigenvalue weighted by Gasteiger charge is 2.21. The van der Waals surface area contributed by atoms with E-state index in [-0.39, 0.29) is 43.8 Å². The van der Waals surface area contributed by atoms with Gasteiger partial charge in [0.2, 0.25) is 5.91 Å². The highest BCUT2D eigenvalue weighted by molar-refractivity contribution is 5.85. The maximum atomic E-state index is 11.5. The van der Waals surface area contributed by atoms with Crippen molar-refractivity contribution in [3.8, 4) is 0 Å². The van der Waals surface area contributed by atoms with Crippen molar-refractivity contribution >= 4 is 23.6 Å². The largest absolute Gasteiger partial charge is 0.481 e. The Kier molecular flexibility index (Phi) is 8.19. The van der Waals surface area contributed by atoms with Crippen LogP contribution < -0.4 is 5.32 Å². The summed E-state index contributed by atoms with van der Waals surface area (Å²) in [7, 11) is 0. The molecule has 0 radical (unpaired) electrons. The Bertz CT molecular complexity index is 377. The fourth-order valence-electron chi connectivity index (χ4n) is 1.50. The van der Waals surface area contributed by atoms with Crippen LogP contribution in [0.4, 0.5) is 0 Å². The van der Waals surface area contributed by atoms with Crippen LogP contribution in [-0.4, -0.2) is 39.9 Å². The first-order valence-corrected chi connectivity index (χ1v) is 6.50. The predicted octanol–water partition coefficient (Wildman–Crippen LogP) is 0.816. The van der Waals surface area contributed by atoms with E-state index < -0.39 is 23.9 Å². The fourth-order valence-corrected chi connectivity index (χ4v) is 1.50. The molecule has 1 atom stereocenters. The molecule has 0 aliphatic carbocycles. The van der Waals surface area contributed by atoms with Gasteiger partial charge in [0.1, 0.15) is 11.8 Å². The van der Waals surface area contributed by atoms with Crippen molar-refractivity contribution in [1.29, 1.82) is 0 Å². The number of hydrogen-bond acceptors (Lipinski definition) is 4. The first-order valence-electron chi connectivity index (χ1n) is 6.50. The number of amides is 1. The summed E-state index contributed by atoms with van der Waals surface area (Å²) in [6, 6.07) is -1.12. The van der Waals surface area contributed by atoms with Gasteiger partial charge in [-0.05, 0) is 12.8 Å². The van der Waals surface area contributed by atoms with Crippen LogP contribution in [-0.2, 0) is 19.2 Å². The van der Waals surface area contributed by atoms with E-state index >= 15 is 0 Å². The van der Waals surface area contributed by atoms with Crippen molar-refractivity contribution in [2.24, 2.45) is 5.92 Å². The molecule has 0 heterocycles. The summed E-state index contributed by atoms with van der Waals surface area (Å²) in [4.78, 5) is 44.2. The average Bonchev–Trinajstić information content (AvgIpc) is 2.32. The van der Waals surface area contributed by atoms with Crippen molar-refractivity contribution in [3.05, 3.63) is 0 Å². The van der Waals surface area contributed by atoms with Crippen LogP contribution in [0, 0.1) is 5.92 Å². The molecule has 0 bridgehead atoms. The molecule has 3 N–H and O–H groups in total. The number of hydrogen-bond donors (Lipinski definition) is 3. The minimum absolute atomic E-state index is 0.0387. The third-order valence-corrected chi connectivity index (χ3v) is 2.75. The van der Waals surface area contributed by atoms with Gasteiger partial charge >= 0.3 is 11.9 Å². The monoisotopic (exact) mass is 287 g/mol. The molecule has 0 fully saturated rings. The molecule has 114 valence electrons. The number of ketones is 1. The lowest BCUT2D eigenvalue weighted by molar-refractivity contribution is -0.142. The van der Waals surface area contributed by atoms with Crippen molar-refractivity contribution in [1.82, 2.24) is 5.32 Å². The highest BCUT2D eigenvalue weighted by atomic mass is 16.4. The summed E-state index contributed by atoms with van der Waals surface area (Å²) in [5.41, 5.74) is 0. The van der Waals surface area contributed by atoms with Crippen LogP contribution in [0.15, 0.2) is 0 Å². The van der Waals surface area contributed by atoms with Crippen LogP contribution in [0.3, 0.4) is 0 Å². The van der Waals surface area contributed by atoms with E-state index in [1.807, 2.05) is 0 Å². The molecule has 0 saturated heterocycles. The average molecular weight is 287 g/mol. The van der Waals surface area contributed by atoms with Crippen LogP contribution in [0.5, 0.6) is 0 Å². The van der Waals surface area contributed by atoms with E-state index in [2.05, 4.69) is 5.32 Å². The smallest absolute Gasteiger partial charge is 0.326 e. The number of aliphatic carboxylic acids is 2. The molecular formula is C13H21NO6. The zero-order chi connectivity index (χ0) is 15.7. The molecule has 0 aromatic carbocycles. The second kappa shape index (κ2) is 9.06. The van der Waals surface area contributed by atoms with Gasteiger partial charge in [0.05, 0.1) is 0 Å².